The summed E-state index contributed by atoms with van der Waals surface area (Å²) in [5, 5.41) is 14.1. The summed E-state index contributed by atoms with van der Waals surface area (Å²) in [4.78, 5) is 14.2. The summed E-state index contributed by atoms with van der Waals surface area (Å²) in [6, 6.07) is 10.9. The molecule has 2 N–H and O–H groups in total. The molecule has 2 aromatic carbocycles. The Bertz CT molecular complexity index is 1030. The third-order valence-electron chi connectivity index (χ3n) is 4.90. The minimum Gasteiger partial charge on any atom is -0.507 e. The Morgan fingerprint density at radius 2 is 2.00 bits per heavy atom. The number of aromatic nitrogens is 1. The van der Waals surface area contributed by atoms with Crippen LogP contribution in [0.25, 0.3) is 16.6 Å². The van der Waals surface area contributed by atoms with E-state index in [1.807, 2.05) is 51.2 Å². The number of hydrogen-bond donors (Lipinski definition) is 2. The van der Waals surface area contributed by atoms with E-state index in [-0.39, 0.29) is 11.8 Å². The largest absolute Gasteiger partial charge is 0.507 e. The van der Waals surface area contributed by atoms with Gasteiger partial charge in [0.25, 0.3) is 0 Å². The predicted molar refractivity (Wildman–Crippen MR) is 111 cm³/mol. The molecule has 0 saturated carbocycles. The van der Waals surface area contributed by atoms with Crippen LogP contribution >= 0.6 is 0 Å². The van der Waals surface area contributed by atoms with Crippen molar-refractivity contribution in [2.75, 3.05) is 11.9 Å². The van der Waals surface area contributed by atoms with E-state index in [4.69, 9.17) is 0 Å². The van der Waals surface area contributed by atoms with Gasteiger partial charge < -0.3 is 15.0 Å². The van der Waals surface area contributed by atoms with Crippen LogP contribution in [-0.4, -0.2) is 22.8 Å². The molecule has 0 aliphatic heterocycles. The van der Waals surface area contributed by atoms with E-state index in [0.29, 0.717) is 16.9 Å². The van der Waals surface area contributed by atoms with Crippen LogP contribution in [0.2, 0.25) is 0 Å². The number of phenols is 1. The van der Waals surface area contributed by atoms with Crippen molar-refractivity contribution in [2.45, 2.75) is 20.3 Å². The van der Waals surface area contributed by atoms with Crippen LogP contribution < -0.4 is 10.2 Å². The quantitative estimate of drug-likeness (QED) is 0.713. The lowest BCUT2D eigenvalue weighted by molar-refractivity contribution is 0.250. The predicted octanol–water partition coefficient (Wildman–Crippen LogP) is 4.57. The third-order valence-corrected chi connectivity index (χ3v) is 4.90. The van der Waals surface area contributed by atoms with Crippen molar-refractivity contribution in [2.24, 2.45) is 7.05 Å². The van der Waals surface area contributed by atoms with Gasteiger partial charge in [0, 0.05) is 36.8 Å². The number of carbonyl (C=O) groups excluding carboxylic acids is 1. The van der Waals surface area contributed by atoms with E-state index < -0.39 is 0 Å². The van der Waals surface area contributed by atoms with E-state index >= 15 is 0 Å². The van der Waals surface area contributed by atoms with Gasteiger partial charge in [-0.15, -0.1) is 0 Å². The molecule has 0 aliphatic carbocycles. The minimum atomic E-state index is -0.311. The fraction of sp³-hybridized carbons (Fsp3) is 0.227. The van der Waals surface area contributed by atoms with Crippen molar-refractivity contribution in [3.05, 3.63) is 65.9 Å². The van der Waals surface area contributed by atoms with Crippen molar-refractivity contribution >= 4 is 28.3 Å². The Morgan fingerprint density at radius 3 is 2.67 bits per heavy atom. The second kappa shape index (κ2) is 7.19. The Hall–Kier alpha value is -3.21. The number of benzene rings is 2. The highest BCUT2D eigenvalue weighted by Crippen LogP contribution is 2.33. The summed E-state index contributed by atoms with van der Waals surface area (Å²) >= 11 is 0. The standard InChI is InChI=1S/C22H25N3O2/c1-6-16-7-10-21(26)19(11-16)15(3)25(22(27)23-4)17-8-9-20-18(12-17)14(2)13-24(20)5/h7-13,26H,3,6H2,1-2,4-5H3,(H,23,27). The molecule has 0 bridgehead atoms. The van der Waals surface area contributed by atoms with Crippen molar-refractivity contribution in [1.29, 1.82) is 0 Å². The molecule has 3 aromatic rings. The number of anilines is 1. The summed E-state index contributed by atoms with van der Waals surface area (Å²) in [7, 11) is 3.58. The number of fused-ring (bicyclic) bond motifs is 1. The molecular formula is C22H25N3O2. The van der Waals surface area contributed by atoms with Crippen molar-refractivity contribution in [1.82, 2.24) is 9.88 Å². The van der Waals surface area contributed by atoms with E-state index in [1.165, 1.54) is 4.90 Å². The molecule has 0 atom stereocenters. The number of phenolic OH excluding ortho intramolecular Hbond substituents is 1. The second-order valence-corrected chi connectivity index (χ2v) is 6.67. The number of nitrogens with one attached hydrogen (secondary N) is 1. The van der Waals surface area contributed by atoms with Gasteiger partial charge in [-0.2, -0.15) is 0 Å². The maximum atomic E-state index is 12.7. The molecule has 0 unspecified atom stereocenters. The van der Waals surface area contributed by atoms with Crippen LogP contribution in [0, 0.1) is 6.92 Å². The van der Waals surface area contributed by atoms with E-state index in [1.54, 1.807) is 13.1 Å². The highest BCUT2D eigenvalue weighted by Gasteiger charge is 2.22. The van der Waals surface area contributed by atoms with E-state index in [0.717, 1.165) is 28.5 Å². The zero-order valence-electron chi connectivity index (χ0n) is 16.2. The molecule has 0 aliphatic rings. The molecule has 3 rings (SSSR count). The topological polar surface area (TPSA) is 57.5 Å². The van der Waals surface area contributed by atoms with Crippen LogP contribution in [0.15, 0.2) is 49.2 Å². The highest BCUT2D eigenvalue weighted by atomic mass is 16.3. The summed E-state index contributed by atoms with van der Waals surface area (Å²) in [6.45, 7) is 8.20. The minimum absolute atomic E-state index is 0.100. The molecule has 0 saturated heterocycles. The van der Waals surface area contributed by atoms with Crippen LogP contribution in [0.1, 0.15) is 23.6 Å². The fourth-order valence-electron chi connectivity index (χ4n) is 3.38. The van der Waals surface area contributed by atoms with Crippen molar-refractivity contribution < 1.29 is 9.90 Å². The summed E-state index contributed by atoms with van der Waals surface area (Å²) < 4.78 is 2.06. The van der Waals surface area contributed by atoms with E-state index in [2.05, 4.69) is 22.7 Å². The average molecular weight is 363 g/mol. The Kier molecular flexibility index (Phi) is 4.95. The molecule has 27 heavy (non-hydrogen) atoms. The molecular weight excluding hydrogens is 338 g/mol. The number of rotatable bonds is 4. The average Bonchev–Trinajstić information content (AvgIpc) is 2.95. The van der Waals surface area contributed by atoms with Crippen LogP contribution in [-0.2, 0) is 13.5 Å². The maximum Gasteiger partial charge on any atom is 0.326 e. The van der Waals surface area contributed by atoms with Crippen LogP contribution in [0.5, 0.6) is 5.75 Å². The molecule has 0 spiro atoms. The van der Waals surface area contributed by atoms with Crippen LogP contribution in [0.4, 0.5) is 10.5 Å². The van der Waals surface area contributed by atoms with Gasteiger partial charge in [-0.05, 0) is 54.8 Å². The summed E-state index contributed by atoms with van der Waals surface area (Å²) in [5.41, 5.74) is 4.96. The fourth-order valence-corrected chi connectivity index (χ4v) is 3.38. The first kappa shape index (κ1) is 18.6. The molecule has 5 nitrogen and oxygen atoms in total. The molecule has 5 heteroatoms. The smallest absolute Gasteiger partial charge is 0.326 e. The van der Waals surface area contributed by atoms with Crippen molar-refractivity contribution in [3.8, 4) is 5.75 Å². The first-order chi connectivity index (χ1) is 12.9. The zero-order chi connectivity index (χ0) is 19.7. The molecule has 0 radical (unpaired) electrons. The number of carbonyl (C=O) groups is 1. The molecule has 0 fully saturated rings. The monoisotopic (exact) mass is 363 g/mol. The Morgan fingerprint density at radius 1 is 1.26 bits per heavy atom. The zero-order valence-corrected chi connectivity index (χ0v) is 16.2. The van der Waals surface area contributed by atoms with Crippen LogP contribution in [0.3, 0.4) is 0 Å². The van der Waals surface area contributed by atoms with E-state index in [9.17, 15) is 9.90 Å². The number of nitrogens with zero attached hydrogens (tertiary/aromatic N) is 2. The van der Waals surface area contributed by atoms with Gasteiger partial charge in [-0.25, -0.2) is 4.79 Å². The Balaban J connectivity index is 2.13. The van der Waals surface area contributed by atoms with Gasteiger partial charge in [0.05, 0.1) is 11.4 Å². The normalized spacial score (nSPS) is 10.8. The number of aromatic hydroxyl groups is 1. The Labute approximate surface area is 159 Å². The first-order valence-corrected chi connectivity index (χ1v) is 8.96. The number of hydrogen-bond acceptors (Lipinski definition) is 2. The maximum absolute atomic E-state index is 12.7. The van der Waals surface area contributed by atoms with Crippen molar-refractivity contribution in [3.63, 3.8) is 0 Å². The molecule has 2 amide bonds. The van der Waals surface area contributed by atoms with Gasteiger partial charge in [0.15, 0.2) is 0 Å². The lowest BCUT2D eigenvalue weighted by Crippen LogP contribution is -2.36. The lowest BCUT2D eigenvalue weighted by atomic mass is 10.0. The van der Waals surface area contributed by atoms with Gasteiger partial charge in [0.2, 0.25) is 0 Å². The third kappa shape index (κ3) is 3.28. The highest BCUT2D eigenvalue weighted by molar-refractivity contribution is 6.06. The lowest BCUT2D eigenvalue weighted by Gasteiger charge is -2.25. The van der Waals surface area contributed by atoms with Gasteiger partial charge in [0.1, 0.15) is 5.75 Å². The summed E-state index contributed by atoms with van der Waals surface area (Å²) in [6.07, 6.45) is 2.89. The van der Waals surface area contributed by atoms with Gasteiger partial charge in [-0.3, -0.25) is 4.90 Å². The second-order valence-electron chi connectivity index (χ2n) is 6.67. The molecule has 1 aromatic heterocycles. The molecule has 1 heterocycles. The number of urea groups is 1. The SMILES string of the molecule is C=C(c1cc(CC)ccc1O)N(C(=O)NC)c1ccc2c(c1)c(C)cn2C. The molecule has 140 valence electrons. The summed E-state index contributed by atoms with van der Waals surface area (Å²) in [5.74, 6) is 0.100. The van der Waals surface area contributed by atoms with Gasteiger partial charge in [-0.1, -0.05) is 19.6 Å². The number of amides is 2. The first-order valence-electron chi connectivity index (χ1n) is 8.96. The number of aryl methyl sites for hydroxylation is 3. The van der Waals surface area contributed by atoms with Gasteiger partial charge >= 0.3 is 6.03 Å².